The number of nitrogens with one attached hydrogen (secondary N) is 2. The molecule has 11 heteroatoms. The third kappa shape index (κ3) is 9.83. The molecule has 5 aromatic carbocycles. The molecule has 3 aromatic heterocycles. The Bertz CT molecular complexity index is 3730. The summed E-state index contributed by atoms with van der Waals surface area (Å²) in [5.41, 5.74) is 10.5. The molecule has 2 radical (unpaired) electrons. The zero-order valence-corrected chi connectivity index (χ0v) is 41.9. The first-order valence-electron chi connectivity index (χ1n) is 25.4. The molecule has 0 saturated heterocycles. The SMILES string of the molecule is [2H]c1c([2H])c([2H])c2c(c1[2H])c1ccc(Oc3[c-]c(N4[CH-]N(c5c(/C6=C/C=C\N/C=C\C=C/[B]6)cccc5/C5=C/C=C\N/C=C\C=C/[B]5)c5ccccc54)cc(-c4ccccc4)n3)[c-]c1n2-c1cc(C(C)(C)C)ccn1.[Pt]. The van der Waals surface area contributed by atoms with Gasteiger partial charge in [-0.25, -0.2) is 4.98 Å². The van der Waals surface area contributed by atoms with Gasteiger partial charge < -0.3 is 29.7 Å². The van der Waals surface area contributed by atoms with Gasteiger partial charge in [-0.1, -0.05) is 140 Å². The van der Waals surface area contributed by atoms with Gasteiger partial charge in [0.2, 0.25) is 0 Å². The normalized spacial score (nSPS) is 19.3. The summed E-state index contributed by atoms with van der Waals surface area (Å²) < 4.78 is 44.0. The molecule has 3 aliphatic heterocycles. The van der Waals surface area contributed by atoms with Crippen molar-refractivity contribution in [1.29, 1.82) is 0 Å². The minimum absolute atomic E-state index is 0. The summed E-state index contributed by atoms with van der Waals surface area (Å²) in [5.74, 6) is 5.05. The molecule has 72 heavy (non-hydrogen) atoms. The van der Waals surface area contributed by atoms with Gasteiger partial charge >= 0.3 is 0 Å². The van der Waals surface area contributed by atoms with E-state index in [9.17, 15) is 0 Å². The van der Waals surface area contributed by atoms with Crippen LogP contribution in [-0.2, 0) is 26.5 Å². The molecule has 2 N–H and O–H groups in total. The van der Waals surface area contributed by atoms with Crippen LogP contribution in [-0.4, -0.2) is 29.1 Å². The van der Waals surface area contributed by atoms with Crippen LogP contribution in [0.4, 0.5) is 22.7 Å². The Hall–Kier alpha value is -8.06. The second-order valence-electron chi connectivity index (χ2n) is 17.9. The zero-order chi connectivity index (χ0) is 51.6. The standard InChI is InChI=1S/C61H48B2N7O.Pt/c1-61(2,3)44-30-37-66-58(38-44)70-54-25-8-7-20-47(54)48-29-28-46(41-57(48)70)71-59-40-45(39-53(67-59)43-18-5-4-6-19-43)68-42-69(56-27-10-9-26-55(56)68)60-49(51-23-16-35-64-33-13-11-31-62-51)21-15-22-50(60)52-24-17-36-65-34-14-12-32-63-52;/h4-39,42,64-65H,1-3H3;/q-3;/b31-11-,32-12-,33-13-,34-14-,35-16-,36-17-,51-23-,52-24-;/i7D,8D,20D,25D;. The minimum atomic E-state index is -0.334. The van der Waals surface area contributed by atoms with Crippen molar-refractivity contribution in [2.45, 2.75) is 26.2 Å². The van der Waals surface area contributed by atoms with Crippen molar-refractivity contribution in [3.8, 4) is 28.7 Å². The summed E-state index contributed by atoms with van der Waals surface area (Å²) in [6, 6.07) is 40.1. The maximum absolute atomic E-state index is 9.14. The molecule has 0 atom stereocenters. The quantitative estimate of drug-likeness (QED) is 0.116. The van der Waals surface area contributed by atoms with Crippen LogP contribution in [0.15, 0.2) is 219 Å². The number of para-hydroxylation sites is 4. The first-order valence-corrected chi connectivity index (χ1v) is 23.4. The molecule has 6 heterocycles. The van der Waals surface area contributed by atoms with Gasteiger partial charge in [-0.2, -0.15) is 23.9 Å². The van der Waals surface area contributed by atoms with Gasteiger partial charge in [-0.3, -0.25) is 4.98 Å². The molecule has 8 nitrogen and oxygen atoms in total. The van der Waals surface area contributed by atoms with Crippen LogP contribution in [0.25, 0.3) is 49.8 Å². The first-order chi connectivity index (χ1) is 36.5. The summed E-state index contributed by atoms with van der Waals surface area (Å²) in [7, 11) is 4.25. The monoisotopic (exact) mass is 1120 g/mol. The van der Waals surface area contributed by atoms with Crippen LogP contribution in [0.2, 0.25) is 0 Å². The van der Waals surface area contributed by atoms with E-state index < -0.39 is 0 Å². The Labute approximate surface area is 443 Å². The summed E-state index contributed by atoms with van der Waals surface area (Å²) in [4.78, 5) is 14.2. The Morgan fingerprint density at radius 3 is 2.06 bits per heavy atom. The smallest absolute Gasteiger partial charge is 0.182 e. The van der Waals surface area contributed by atoms with Crippen LogP contribution in [0.3, 0.4) is 0 Å². The number of hydrogen-bond donors (Lipinski definition) is 2. The zero-order valence-electron chi connectivity index (χ0n) is 43.7. The van der Waals surface area contributed by atoms with E-state index >= 15 is 0 Å². The van der Waals surface area contributed by atoms with Gasteiger partial charge in [0.15, 0.2) is 14.6 Å². The van der Waals surface area contributed by atoms with Crippen molar-refractivity contribution in [3.63, 3.8) is 0 Å². The van der Waals surface area contributed by atoms with Crippen molar-refractivity contribution in [2.24, 2.45) is 0 Å². The van der Waals surface area contributed by atoms with Crippen molar-refractivity contribution in [1.82, 2.24) is 25.2 Å². The maximum Gasteiger partial charge on any atom is 0.182 e. The van der Waals surface area contributed by atoms with E-state index in [4.69, 9.17) is 20.2 Å². The molecule has 8 aromatic rings. The number of rotatable bonds is 8. The van der Waals surface area contributed by atoms with Crippen LogP contribution in [0, 0.1) is 18.8 Å². The van der Waals surface area contributed by atoms with E-state index in [0.717, 1.165) is 50.3 Å². The predicted octanol–water partition coefficient (Wildman–Crippen LogP) is 13.7. The Kier molecular flexibility index (Phi) is 12.5. The second-order valence-corrected chi connectivity index (χ2v) is 17.9. The third-order valence-electron chi connectivity index (χ3n) is 12.2. The van der Waals surface area contributed by atoms with Gasteiger partial charge in [0.05, 0.1) is 5.48 Å². The molecule has 0 amide bonds. The number of anilines is 4. The molecule has 0 aliphatic carbocycles. The minimum Gasteiger partial charge on any atom is -0.503 e. The molecule has 11 rings (SSSR count). The fourth-order valence-electron chi connectivity index (χ4n) is 8.82. The number of nitrogens with zero attached hydrogens (tertiary/aromatic N) is 5. The van der Waals surface area contributed by atoms with E-state index in [0.29, 0.717) is 44.8 Å². The summed E-state index contributed by atoms with van der Waals surface area (Å²) in [6.07, 6.45) is 25.5. The Morgan fingerprint density at radius 2 is 1.35 bits per heavy atom. The number of allylic oxidation sites excluding steroid dienone is 8. The molecule has 0 fully saturated rings. The summed E-state index contributed by atoms with van der Waals surface area (Å²) >= 11 is 0. The first kappa shape index (κ1) is 42.8. The van der Waals surface area contributed by atoms with Crippen molar-refractivity contribution < 1.29 is 31.3 Å². The van der Waals surface area contributed by atoms with Gasteiger partial charge in [0, 0.05) is 80.4 Å². The van der Waals surface area contributed by atoms with E-state index in [1.54, 1.807) is 16.8 Å². The largest absolute Gasteiger partial charge is 0.503 e. The predicted molar refractivity (Wildman–Crippen MR) is 295 cm³/mol. The Balaban J connectivity index is 0.00000657. The van der Waals surface area contributed by atoms with Crippen LogP contribution >= 0.6 is 0 Å². The van der Waals surface area contributed by atoms with E-state index in [1.807, 2.05) is 140 Å². The van der Waals surface area contributed by atoms with Crippen molar-refractivity contribution >= 4 is 70.1 Å². The van der Waals surface area contributed by atoms with E-state index in [2.05, 4.69) is 117 Å². The van der Waals surface area contributed by atoms with Crippen LogP contribution in [0.5, 0.6) is 11.6 Å². The van der Waals surface area contributed by atoms with Gasteiger partial charge in [-0.15, -0.1) is 36.1 Å². The average Bonchev–Trinajstić information content (AvgIpc) is 3.99. The molecular formula is C61H48B2N7OPt-3. The summed E-state index contributed by atoms with van der Waals surface area (Å²) in [5, 5.41) is 7.36. The fourth-order valence-corrected chi connectivity index (χ4v) is 8.82. The number of ether oxygens (including phenoxy) is 1. The van der Waals surface area contributed by atoms with Crippen LogP contribution < -0.4 is 25.2 Å². The fraction of sp³-hybridized carbons (Fsp3) is 0.0656. The molecule has 3 aliphatic rings. The topological polar surface area (TPSA) is 70.5 Å². The van der Waals surface area contributed by atoms with E-state index in [-0.39, 0.29) is 56.5 Å². The Morgan fingerprint density at radius 1 is 0.681 bits per heavy atom. The second kappa shape index (κ2) is 21.1. The van der Waals surface area contributed by atoms with Gasteiger partial charge in [0.25, 0.3) is 0 Å². The van der Waals surface area contributed by atoms with Gasteiger partial charge in [0.1, 0.15) is 11.7 Å². The molecule has 352 valence electrons. The molecule has 0 saturated carbocycles. The van der Waals surface area contributed by atoms with Crippen molar-refractivity contribution in [3.05, 3.63) is 254 Å². The number of hydrogen-bond acceptors (Lipinski definition) is 7. The molecule has 0 spiro atoms. The van der Waals surface area contributed by atoms with E-state index in [1.165, 1.54) is 0 Å². The third-order valence-corrected chi connectivity index (χ3v) is 12.2. The number of aromatic nitrogens is 3. The number of pyridine rings is 2. The molecular weight excluding hydrogens is 1060 g/mol. The number of fused-ring (bicyclic) bond motifs is 4. The maximum atomic E-state index is 9.14. The molecule has 0 bridgehead atoms. The average molecular weight is 1120 g/mol. The molecule has 0 unspecified atom stereocenters. The van der Waals surface area contributed by atoms with Crippen LogP contribution in [0.1, 0.15) is 42.9 Å². The van der Waals surface area contributed by atoms with Crippen molar-refractivity contribution in [2.75, 3.05) is 9.80 Å². The number of benzene rings is 5. The summed E-state index contributed by atoms with van der Waals surface area (Å²) in [6.45, 7) is 8.44. The van der Waals surface area contributed by atoms with Gasteiger partial charge in [-0.05, 0) is 93.4 Å².